The van der Waals surface area contributed by atoms with E-state index >= 15 is 0 Å². The topological polar surface area (TPSA) is 21.3 Å². The highest BCUT2D eigenvalue weighted by Gasteiger charge is 2.08. The van der Waals surface area contributed by atoms with E-state index in [9.17, 15) is 4.39 Å². The number of hydrogen-bond donors (Lipinski definition) is 1. The second kappa shape index (κ2) is 6.04. The van der Waals surface area contributed by atoms with Gasteiger partial charge in [0.05, 0.1) is 7.11 Å². The molecule has 0 aliphatic heterocycles. The van der Waals surface area contributed by atoms with Crippen molar-refractivity contribution in [2.45, 2.75) is 6.54 Å². The molecule has 4 heteroatoms. The van der Waals surface area contributed by atoms with Crippen LogP contribution in [0.25, 0.3) is 11.1 Å². The predicted octanol–water partition coefficient (Wildman–Crippen LogP) is 3.87. The van der Waals surface area contributed by atoms with Crippen LogP contribution in [0.2, 0.25) is 5.02 Å². The molecule has 0 aliphatic rings. The summed E-state index contributed by atoms with van der Waals surface area (Å²) in [7, 11) is 3.48. The Bertz CT molecular complexity index is 586. The summed E-state index contributed by atoms with van der Waals surface area (Å²) in [6, 6.07) is 10.1. The lowest BCUT2D eigenvalue weighted by Crippen LogP contribution is -2.05. The molecule has 0 atom stereocenters. The van der Waals surface area contributed by atoms with Crippen molar-refractivity contribution in [2.75, 3.05) is 14.2 Å². The zero-order chi connectivity index (χ0) is 13.8. The first-order chi connectivity index (χ1) is 9.13. The van der Waals surface area contributed by atoms with Crippen molar-refractivity contribution >= 4 is 11.6 Å². The van der Waals surface area contributed by atoms with Gasteiger partial charge in [-0.3, -0.25) is 0 Å². The van der Waals surface area contributed by atoms with E-state index < -0.39 is 0 Å². The maximum absolute atomic E-state index is 13.4. The first kappa shape index (κ1) is 13.8. The molecule has 2 nitrogen and oxygen atoms in total. The van der Waals surface area contributed by atoms with Crippen molar-refractivity contribution in [3.8, 4) is 16.9 Å². The highest BCUT2D eigenvalue weighted by Crippen LogP contribution is 2.32. The first-order valence-corrected chi connectivity index (χ1v) is 6.30. The van der Waals surface area contributed by atoms with Gasteiger partial charge in [-0.15, -0.1) is 0 Å². The fourth-order valence-electron chi connectivity index (χ4n) is 1.96. The molecule has 0 saturated carbocycles. The third-order valence-electron chi connectivity index (χ3n) is 2.82. The zero-order valence-electron chi connectivity index (χ0n) is 10.8. The molecule has 19 heavy (non-hydrogen) atoms. The summed E-state index contributed by atoms with van der Waals surface area (Å²) >= 11 is 6.13. The van der Waals surface area contributed by atoms with Crippen LogP contribution in [0.4, 0.5) is 4.39 Å². The fraction of sp³-hybridized carbons (Fsp3) is 0.200. The van der Waals surface area contributed by atoms with Crippen molar-refractivity contribution < 1.29 is 9.13 Å². The summed E-state index contributed by atoms with van der Waals surface area (Å²) in [5, 5.41) is 3.60. The van der Waals surface area contributed by atoms with E-state index in [1.54, 1.807) is 13.2 Å². The molecule has 0 heterocycles. The maximum Gasteiger partial charge on any atom is 0.123 e. The molecule has 0 saturated heterocycles. The predicted molar refractivity (Wildman–Crippen MR) is 76.2 cm³/mol. The van der Waals surface area contributed by atoms with Crippen LogP contribution in [0.5, 0.6) is 5.75 Å². The van der Waals surface area contributed by atoms with Gasteiger partial charge in [-0.25, -0.2) is 4.39 Å². The van der Waals surface area contributed by atoms with Crippen molar-refractivity contribution in [1.29, 1.82) is 0 Å². The molecule has 0 radical (unpaired) electrons. The lowest BCUT2D eigenvalue weighted by Gasteiger charge is -2.10. The number of benzene rings is 2. The second-order valence-electron chi connectivity index (χ2n) is 4.22. The molecule has 0 spiro atoms. The Kier molecular flexibility index (Phi) is 4.40. The van der Waals surface area contributed by atoms with Crippen molar-refractivity contribution in [2.24, 2.45) is 0 Å². The summed E-state index contributed by atoms with van der Waals surface area (Å²) in [6.45, 7) is 0.705. The minimum atomic E-state index is -0.308. The van der Waals surface area contributed by atoms with Crippen molar-refractivity contribution in [3.63, 3.8) is 0 Å². The summed E-state index contributed by atoms with van der Waals surface area (Å²) in [5.74, 6) is 0.417. The second-order valence-corrected chi connectivity index (χ2v) is 4.63. The van der Waals surface area contributed by atoms with Gasteiger partial charge in [0.2, 0.25) is 0 Å². The summed E-state index contributed by atoms with van der Waals surface area (Å²) in [6.07, 6.45) is 0. The van der Waals surface area contributed by atoms with Gasteiger partial charge in [-0.05, 0) is 54.6 Å². The van der Waals surface area contributed by atoms with Crippen LogP contribution in [-0.2, 0) is 6.54 Å². The number of nitrogens with one attached hydrogen (secondary N) is 1. The molecule has 0 aliphatic carbocycles. The summed E-state index contributed by atoms with van der Waals surface area (Å²) < 4.78 is 18.6. The van der Waals surface area contributed by atoms with E-state index in [4.69, 9.17) is 16.3 Å². The van der Waals surface area contributed by atoms with E-state index in [0.717, 1.165) is 16.9 Å². The molecular weight excluding hydrogens is 265 g/mol. The Morgan fingerprint density at radius 3 is 2.68 bits per heavy atom. The number of ether oxygens (including phenoxy) is 1. The average Bonchev–Trinajstić information content (AvgIpc) is 2.41. The first-order valence-electron chi connectivity index (χ1n) is 5.92. The Labute approximate surface area is 117 Å². The summed E-state index contributed by atoms with van der Waals surface area (Å²) in [4.78, 5) is 0. The van der Waals surface area contributed by atoms with Gasteiger partial charge >= 0.3 is 0 Å². The third kappa shape index (κ3) is 3.25. The molecule has 0 bridgehead atoms. The Morgan fingerprint density at radius 1 is 1.21 bits per heavy atom. The summed E-state index contributed by atoms with van der Waals surface area (Å²) in [5.41, 5.74) is 2.56. The lowest BCUT2D eigenvalue weighted by molar-refractivity contribution is 0.414. The Morgan fingerprint density at radius 2 is 2.00 bits per heavy atom. The Hall–Kier alpha value is -1.58. The SMILES string of the molecule is CNCc1cc(OC)cc(-c2cc(F)ccc2Cl)c1. The molecular formula is C15H15ClFNO. The number of methoxy groups -OCH3 is 1. The van der Waals surface area contributed by atoms with E-state index in [-0.39, 0.29) is 5.82 Å². The van der Waals surface area contributed by atoms with Crippen LogP contribution < -0.4 is 10.1 Å². The molecule has 2 aromatic carbocycles. The van der Waals surface area contributed by atoms with Crippen LogP contribution >= 0.6 is 11.6 Å². The van der Waals surface area contributed by atoms with Gasteiger partial charge in [0.15, 0.2) is 0 Å². The van der Waals surface area contributed by atoms with Gasteiger partial charge in [0.25, 0.3) is 0 Å². The number of hydrogen-bond acceptors (Lipinski definition) is 2. The van der Waals surface area contributed by atoms with Crippen molar-refractivity contribution in [1.82, 2.24) is 5.32 Å². The average molecular weight is 280 g/mol. The minimum Gasteiger partial charge on any atom is -0.497 e. The van der Waals surface area contributed by atoms with Crippen LogP contribution in [0.15, 0.2) is 36.4 Å². The molecule has 2 aromatic rings. The standard InChI is InChI=1S/C15H15ClFNO/c1-18-9-10-5-11(7-13(6-10)19-2)14-8-12(17)3-4-15(14)16/h3-8,18H,9H2,1-2H3. The monoisotopic (exact) mass is 279 g/mol. The largest absolute Gasteiger partial charge is 0.497 e. The van der Waals surface area contributed by atoms with Crippen molar-refractivity contribution in [3.05, 3.63) is 52.8 Å². The number of halogens is 2. The maximum atomic E-state index is 13.4. The molecule has 0 aromatic heterocycles. The van der Waals surface area contributed by atoms with Gasteiger partial charge in [-0.1, -0.05) is 11.6 Å². The van der Waals surface area contributed by atoms with Crippen LogP contribution in [-0.4, -0.2) is 14.2 Å². The highest BCUT2D eigenvalue weighted by atomic mass is 35.5. The van der Waals surface area contributed by atoms with Gasteiger partial charge < -0.3 is 10.1 Å². The Balaban J connectivity index is 2.54. The molecule has 0 amide bonds. The molecule has 0 fully saturated rings. The van der Waals surface area contributed by atoms with Gasteiger partial charge in [0, 0.05) is 17.1 Å². The molecule has 1 N–H and O–H groups in total. The van der Waals surface area contributed by atoms with Gasteiger partial charge in [0.1, 0.15) is 11.6 Å². The van der Waals surface area contributed by atoms with E-state index in [0.29, 0.717) is 17.1 Å². The minimum absolute atomic E-state index is 0.308. The quantitative estimate of drug-likeness (QED) is 0.917. The normalized spacial score (nSPS) is 10.5. The smallest absolute Gasteiger partial charge is 0.123 e. The van der Waals surface area contributed by atoms with Crippen LogP contribution in [0.3, 0.4) is 0 Å². The zero-order valence-corrected chi connectivity index (χ0v) is 11.6. The highest BCUT2D eigenvalue weighted by molar-refractivity contribution is 6.33. The number of rotatable bonds is 4. The third-order valence-corrected chi connectivity index (χ3v) is 3.15. The van der Waals surface area contributed by atoms with Crippen LogP contribution in [0, 0.1) is 5.82 Å². The van der Waals surface area contributed by atoms with Gasteiger partial charge in [-0.2, -0.15) is 0 Å². The van der Waals surface area contributed by atoms with E-state index in [1.807, 2.05) is 25.2 Å². The van der Waals surface area contributed by atoms with E-state index in [2.05, 4.69) is 5.32 Å². The molecule has 2 rings (SSSR count). The van der Waals surface area contributed by atoms with Crippen LogP contribution in [0.1, 0.15) is 5.56 Å². The molecule has 100 valence electrons. The van der Waals surface area contributed by atoms with E-state index in [1.165, 1.54) is 12.1 Å². The lowest BCUT2D eigenvalue weighted by atomic mass is 10.0. The fourth-order valence-corrected chi connectivity index (χ4v) is 2.19. The molecule has 0 unspecified atom stereocenters.